The summed E-state index contributed by atoms with van der Waals surface area (Å²) in [5.74, 6) is 3.11. The molecule has 0 radical (unpaired) electrons. The Bertz CT molecular complexity index is 516. The summed E-state index contributed by atoms with van der Waals surface area (Å²) < 4.78 is 2.33. The van der Waals surface area contributed by atoms with Crippen LogP contribution in [0.2, 0.25) is 0 Å². The average Bonchev–Trinajstić information content (AvgIpc) is 2.97. The van der Waals surface area contributed by atoms with Gasteiger partial charge in [-0.25, -0.2) is 0 Å². The third-order valence-corrected chi connectivity index (χ3v) is 3.87. The highest BCUT2D eigenvalue weighted by molar-refractivity contribution is 5.16. The first-order chi connectivity index (χ1) is 8.86. The highest BCUT2D eigenvalue weighted by Crippen LogP contribution is 2.23. The number of hydrogen-bond donors (Lipinski definition) is 0. The van der Waals surface area contributed by atoms with Gasteiger partial charge in [0.25, 0.3) is 0 Å². The molecule has 1 unspecified atom stereocenters. The monoisotopic (exact) mass is 241 g/mol. The molecule has 1 atom stereocenters. The molecule has 0 amide bonds. The van der Waals surface area contributed by atoms with Crippen LogP contribution in [0.3, 0.4) is 0 Å². The molecule has 94 valence electrons. The maximum absolute atomic E-state index is 4.33. The van der Waals surface area contributed by atoms with E-state index in [2.05, 4.69) is 52.0 Å². The van der Waals surface area contributed by atoms with Gasteiger partial charge in [0.15, 0.2) is 0 Å². The van der Waals surface area contributed by atoms with Crippen LogP contribution in [-0.4, -0.2) is 14.8 Å². The van der Waals surface area contributed by atoms with Gasteiger partial charge in [0.2, 0.25) is 0 Å². The first-order valence-electron chi connectivity index (χ1n) is 6.81. The molecule has 1 aromatic heterocycles. The Morgan fingerprint density at radius 3 is 2.78 bits per heavy atom. The van der Waals surface area contributed by atoms with E-state index in [1.807, 2.05) is 0 Å². The van der Waals surface area contributed by atoms with Crippen molar-refractivity contribution in [3.05, 3.63) is 47.5 Å². The first kappa shape index (κ1) is 11.5. The Morgan fingerprint density at radius 1 is 1.17 bits per heavy atom. The topological polar surface area (TPSA) is 30.7 Å². The van der Waals surface area contributed by atoms with Crippen molar-refractivity contribution in [1.82, 2.24) is 14.8 Å². The summed E-state index contributed by atoms with van der Waals surface area (Å²) in [6, 6.07) is 10.6. The van der Waals surface area contributed by atoms with E-state index >= 15 is 0 Å². The van der Waals surface area contributed by atoms with Crippen LogP contribution in [0, 0.1) is 5.92 Å². The van der Waals surface area contributed by atoms with E-state index in [-0.39, 0.29) is 0 Å². The molecule has 3 nitrogen and oxygen atoms in total. The zero-order chi connectivity index (χ0) is 12.4. The predicted octanol–water partition coefficient (Wildman–Crippen LogP) is 2.65. The molecule has 1 aromatic carbocycles. The molecule has 2 aromatic rings. The smallest absolute Gasteiger partial charge is 0.133 e. The fourth-order valence-corrected chi connectivity index (χ4v) is 2.67. The summed E-state index contributed by atoms with van der Waals surface area (Å²) in [5.41, 5.74) is 1.37. The lowest BCUT2D eigenvalue weighted by Crippen LogP contribution is -2.06. The normalized spacial score (nSPS) is 17.9. The lowest BCUT2D eigenvalue weighted by atomic mass is 10.1. The Labute approximate surface area is 108 Å². The minimum atomic E-state index is 0.769. The van der Waals surface area contributed by atoms with Gasteiger partial charge in [-0.3, -0.25) is 0 Å². The number of benzene rings is 1. The molecule has 0 N–H and O–H groups in total. The van der Waals surface area contributed by atoms with Gasteiger partial charge in [0.05, 0.1) is 0 Å². The average molecular weight is 241 g/mol. The minimum Gasteiger partial charge on any atom is -0.315 e. The zero-order valence-electron chi connectivity index (χ0n) is 10.8. The third-order valence-electron chi connectivity index (χ3n) is 3.87. The van der Waals surface area contributed by atoms with Crippen LogP contribution in [0.25, 0.3) is 0 Å². The standard InChI is InChI=1S/C15H19N3/c1-2-12-10-15-17-16-14(18(15)11-12)9-8-13-6-4-3-5-7-13/h3-7,12H,2,8-11H2,1H3. The number of hydrogen-bond acceptors (Lipinski definition) is 2. The summed E-state index contributed by atoms with van der Waals surface area (Å²) in [5, 5.41) is 8.65. The number of aromatic nitrogens is 3. The van der Waals surface area contributed by atoms with Crippen molar-refractivity contribution in [2.75, 3.05) is 0 Å². The second kappa shape index (κ2) is 4.92. The summed E-state index contributed by atoms with van der Waals surface area (Å²) >= 11 is 0. The molecule has 0 fully saturated rings. The first-order valence-corrected chi connectivity index (χ1v) is 6.81. The lowest BCUT2D eigenvalue weighted by molar-refractivity contribution is 0.484. The summed E-state index contributed by atoms with van der Waals surface area (Å²) in [6.45, 7) is 3.37. The van der Waals surface area contributed by atoms with Gasteiger partial charge < -0.3 is 4.57 Å². The highest BCUT2D eigenvalue weighted by atomic mass is 15.3. The van der Waals surface area contributed by atoms with Crippen molar-refractivity contribution in [2.24, 2.45) is 5.92 Å². The number of nitrogens with zero attached hydrogens (tertiary/aromatic N) is 3. The fraction of sp³-hybridized carbons (Fsp3) is 0.467. The summed E-state index contributed by atoms with van der Waals surface area (Å²) in [7, 11) is 0. The molecular formula is C15H19N3. The maximum atomic E-state index is 4.33. The molecule has 0 saturated carbocycles. The van der Waals surface area contributed by atoms with E-state index in [1.165, 1.54) is 17.8 Å². The van der Waals surface area contributed by atoms with Crippen molar-refractivity contribution < 1.29 is 0 Å². The van der Waals surface area contributed by atoms with Gasteiger partial charge >= 0.3 is 0 Å². The van der Waals surface area contributed by atoms with Crippen molar-refractivity contribution in [3.63, 3.8) is 0 Å². The lowest BCUT2D eigenvalue weighted by Gasteiger charge is -2.06. The van der Waals surface area contributed by atoms with Crippen LogP contribution < -0.4 is 0 Å². The molecule has 3 heteroatoms. The number of fused-ring (bicyclic) bond motifs is 1. The van der Waals surface area contributed by atoms with Crippen LogP contribution in [0.15, 0.2) is 30.3 Å². The molecule has 0 spiro atoms. The van der Waals surface area contributed by atoms with E-state index in [0.717, 1.165) is 37.5 Å². The summed E-state index contributed by atoms with van der Waals surface area (Å²) in [4.78, 5) is 0. The fourth-order valence-electron chi connectivity index (χ4n) is 2.67. The van der Waals surface area contributed by atoms with Crippen molar-refractivity contribution in [3.8, 4) is 0 Å². The van der Waals surface area contributed by atoms with Crippen LogP contribution in [0.4, 0.5) is 0 Å². The van der Waals surface area contributed by atoms with E-state index in [1.54, 1.807) is 0 Å². The second-order valence-corrected chi connectivity index (χ2v) is 5.11. The van der Waals surface area contributed by atoms with Crippen molar-refractivity contribution >= 4 is 0 Å². The van der Waals surface area contributed by atoms with Gasteiger partial charge in [-0.05, 0) is 17.9 Å². The largest absolute Gasteiger partial charge is 0.315 e. The molecule has 1 aliphatic heterocycles. The zero-order valence-corrected chi connectivity index (χ0v) is 10.8. The van der Waals surface area contributed by atoms with E-state index in [0.29, 0.717) is 0 Å². The van der Waals surface area contributed by atoms with E-state index in [4.69, 9.17) is 0 Å². The molecule has 0 saturated heterocycles. The van der Waals surface area contributed by atoms with Gasteiger partial charge in [0, 0.05) is 19.4 Å². The maximum Gasteiger partial charge on any atom is 0.133 e. The molecule has 2 heterocycles. The Morgan fingerprint density at radius 2 is 2.00 bits per heavy atom. The SMILES string of the molecule is CCC1Cc2nnc(CCc3ccccc3)n2C1. The van der Waals surface area contributed by atoms with E-state index in [9.17, 15) is 0 Å². The van der Waals surface area contributed by atoms with E-state index < -0.39 is 0 Å². The third kappa shape index (κ3) is 2.17. The van der Waals surface area contributed by atoms with Crippen LogP contribution in [0.1, 0.15) is 30.6 Å². The van der Waals surface area contributed by atoms with Crippen molar-refractivity contribution in [1.29, 1.82) is 0 Å². The Kier molecular flexibility index (Phi) is 3.13. The second-order valence-electron chi connectivity index (χ2n) is 5.11. The van der Waals surface area contributed by atoms with Gasteiger partial charge in [-0.15, -0.1) is 10.2 Å². The van der Waals surface area contributed by atoms with Crippen LogP contribution >= 0.6 is 0 Å². The summed E-state index contributed by atoms with van der Waals surface area (Å²) in [6.07, 6.45) is 4.39. The van der Waals surface area contributed by atoms with Crippen molar-refractivity contribution in [2.45, 2.75) is 39.2 Å². The molecular weight excluding hydrogens is 222 g/mol. The number of aryl methyl sites for hydroxylation is 2. The predicted molar refractivity (Wildman–Crippen MR) is 71.4 cm³/mol. The Balaban J connectivity index is 1.68. The highest BCUT2D eigenvalue weighted by Gasteiger charge is 2.24. The molecule has 3 rings (SSSR count). The number of rotatable bonds is 4. The minimum absolute atomic E-state index is 0.769. The van der Waals surface area contributed by atoms with Crippen LogP contribution in [-0.2, 0) is 25.8 Å². The van der Waals surface area contributed by atoms with Gasteiger partial charge in [0.1, 0.15) is 11.6 Å². The molecule has 0 aliphatic carbocycles. The van der Waals surface area contributed by atoms with Gasteiger partial charge in [-0.2, -0.15) is 0 Å². The molecule has 1 aliphatic rings. The van der Waals surface area contributed by atoms with Crippen LogP contribution in [0.5, 0.6) is 0 Å². The quantitative estimate of drug-likeness (QED) is 0.824. The Hall–Kier alpha value is -1.64. The van der Waals surface area contributed by atoms with Gasteiger partial charge in [-0.1, -0.05) is 43.7 Å². The molecule has 18 heavy (non-hydrogen) atoms. The molecule has 0 bridgehead atoms.